The van der Waals surface area contributed by atoms with E-state index in [1.807, 2.05) is 0 Å². The number of hydrogen-bond acceptors (Lipinski definition) is 4. The van der Waals surface area contributed by atoms with Gasteiger partial charge in [-0.25, -0.2) is 9.89 Å². The van der Waals surface area contributed by atoms with E-state index in [9.17, 15) is 14.4 Å². The molecule has 0 bridgehead atoms. The lowest BCUT2D eigenvalue weighted by atomic mass is 10.1. The molecular formula is C16H11N3O4. The zero-order valence-corrected chi connectivity index (χ0v) is 11.7. The number of amides is 1. The molecule has 0 fully saturated rings. The summed E-state index contributed by atoms with van der Waals surface area (Å²) in [5.41, 5.74) is 0.262. The number of benzene rings is 2. The standard InChI is InChI=1S/C16H11N3O4/c20-14-12-4-2-1-3-11(12)13(18-19-14)15(21)17-10-7-5-9(6-8-10)16(22)23/h1-8H,(H,17,21)(H,19,20)(H,22,23). The van der Waals surface area contributed by atoms with Gasteiger partial charge in [0.15, 0.2) is 5.69 Å². The first kappa shape index (κ1) is 14.5. The van der Waals surface area contributed by atoms with Gasteiger partial charge in [-0.05, 0) is 30.3 Å². The second-order valence-corrected chi connectivity index (χ2v) is 4.78. The van der Waals surface area contributed by atoms with E-state index in [0.717, 1.165) is 0 Å². The number of anilines is 1. The number of rotatable bonds is 3. The van der Waals surface area contributed by atoms with Crippen LogP contribution in [0.15, 0.2) is 53.3 Å². The summed E-state index contributed by atoms with van der Waals surface area (Å²) in [7, 11) is 0. The third kappa shape index (κ3) is 2.80. The highest BCUT2D eigenvalue weighted by Gasteiger charge is 2.14. The second kappa shape index (κ2) is 5.72. The number of nitrogens with one attached hydrogen (secondary N) is 2. The molecule has 3 aromatic rings. The molecule has 0 aliphatic carbocycles. The summed E-state index contributed by atoms with van der Waals surface area (Å²) >= 11 is 0. The monoisotopic (exact) mass is 309 g/mol. The summed E-state index contributed by atoms with van der Waals surface area (Å²) in [5, 5.41) is 18.4. The maximum atomic E-state index is 12.3. The molecule has 0 aliphatic heterocycles. The Bertz CT molecular complexity index is 961. The van der Waals surface area contributed by atoms with Gasteiger partial charge in [-0.15, -0.1) is 0 Å². The topological polar surface area (TPSA) is 112 Å². The van der Waals surface area contributed by atoms with Gasteiger partial charge in [0.25, 0.3) is 11.5 Å². The molecule has 23 heavy (non-hydrogen) atoms. The van der Waals surface area contributed by atoms with Crippen molar-refractivity contribution in [2.45, 2.75) is 0 Å². The molecule has 0 saturated carbocycles. The number of aromatic amines is 1. The molecule has 114 valence electrons. The third-order valence-electron chi connectivity index (χ3n) is 3.30. The Balaban J connectivity index is 1.93. The van der Waals surface area contributed by atoms with Crippen LogP contribution in [0.4, 0.5) is 5.69 Å². The molecule has 2 aromatic carbocycles. The van der Waals surface area contributed by atoms with E-state index in [4.69, 9.17) is 5.11 Å². The highest BCUT2D eigenvalue weighted by Crippen LogP contribution is 2.15. The van der Waals surface area contributed by atoms with Crippen LogP contribution in [0.3, 0.4) is 0 Å². The van der Waals surface area contributed by atoms with Crippen LogP contribution in [0.25, 0.3) is 10.8 Å². The SMILES string of the molecule is O=C(O)c1ccc(NC(=O)c2n[nH]c(=O)c3ccccc23)cc1. The molecule has 1 aromatic heterocycles. The summed E-state index contributed by atoms with van der Waals surface area (Å²) in [5.74, 6) is -1.54. The summed E-state index contributed by atoms with van der Waals surface area (Å²) < 4.78 is 0. The van der Waals surface area contributed by atoms with Crippen LogP contribution in [0.1, 0.15) is 20.8 Å². The molecule has 0 radical (unpaired) electrons. The smallest absolute Gasteiger partial charge is 0.335 e. The third-order valence-corrected chi connectivity index (χ3v) is 3.30. The molecule has 0 aliphatic rings. The van der Waals surface area contributed by atoms with E-state index in [1.165, 1.54) is 24.3 Å². The van der Waals surface area contributed by atoms with E-state index < -0.39 is 11.9 Å². The molecule has 3 N–H and O–H groups in total. The average molecular weight is 309 g/mol. The largest absolute Gasteiger partial charge is 0.478 e. The quantitative estimate of drug-likeness (QED) is 0.683. The Morgan fingerprint density at radius 2 is 1.65 bits per heavy atom. The van der Waals surface area contributed by atoms with Crippen molar-refractivity contribution in [2.24, 2.45) is 0 Å². The minimum Gasteiger partial charge on any atom is -0.478 e. The molecule has 0 saturated heterocycles. The number of fused-ring (bicyclic) bond motifs is 1. The Hall–Kier alpha value is -3.48. The molecule has 1 amide bonds. The fourth-order valence-electron chi connectivity index (χ4n) is 2.17. The minimum absolute atomic E-state index is 0.0857. The van der Waals surface area contributed by atoms with Gasteiger partial charge in [-0.3, -0.25) is 9.59 Å². The molecule has 7 nitrogen and oxygen atoms in total. The summed E-state index contributed by atoms with van der Waals surface area (Å²) in [4.78, 5) is 34.9. The van der Waals surface area contributed by atoms with Gasteiger partial charge in [0, 0.05) is 11.1 Å². The van der Waals surface area contributed by atoms with E-state index in [1.54, 1.807) is 24.3 Å². The van der Waals surface area contributed by atoms with Crippen molar-refractivity contribution < 1.29 is 14.7 Å². The number of nitrogens with zero attached hydrogens (tertiary/aromatic N) is 1. The maximum Gasteiger partial charge on any atom is 0.335 e. The van der Waals surface area contributed by atoms with Gasteiger partial charge >= 0.3 is 5.97 Å². The van der Waals surface area contributed by atoms with Crippen molar-refractivity contribution in [3.63, 3.8) is 0 Å². The van der Waals surface area contributed by atoms with Gasteiger partial charge in [0.2, 0.25) is 0 Å². The van der Waals surface area contributed by atoms with E-state index in [0.29, 0.717) is 16.5 Å². The summed E-state index contributed by atoms with van der Waals surface area (Å²) in [6.07, 6.45) is 0. The second-order valence-electron chi connectivity index (χ2n) is 4.78. The Kier molecular flexibility index (Phi) is 3.60. The molecule has 0 spiro atoms. The van der Waals surface area contributed by atoms with Gasteiger partial charge in [0.05, 0.1) is 10.9 Å². The lowest BCUT2D eigenvalue weighted by Crippen LogP contribution is -2.19. The van der Waals surface area contributed by atoms with Gasteiger partial charge < -0.3 is 10.4 Å². The van der Waals surface area contributed by atoms with Gasteiger partial charge in [-0.2, -0.15) is 5.10 Å². The normalized spacial score (nSPS) is 10.4. The first-order valence-electron chi connectivity index (χ1n) is 6.68. The fraction of sp³-hybridized carbons (Fsp3) is 0. The number of aromatic carboxylic acids is 1. The van der Waals surface area contributed by atoms with Crippen molar-refractivity contribution in [1.82, 2.24) is 10.2 Å². The zero-order valence-electron chi connectivity index (χ0n) is 11.7. The summed E-state index contributed by atoms with van der Waals surface area (Å²) in [6, 6.07) is 12.4. The van der Waals surface area contributed by atoms with Crippen LogP contribution in [0.2, 0.25) is 0 Å². The van der Waals surface area contributed by atoms with Crippen LogP contribution >= 0.6 is 0 Å². The van der Waals surface area contributed by atoms with Crippen molar-refractivity contribution in [2.75, 3.05) is 5.32 Å². The van der Waals surface area contributed by atoms with Crippen molar-refractivity contribution >= 4 is 28.3 Å². The number of carbonyl (C=O) groups is 2. The maximum absolute atomic E-state index is 12.3. The van der Waals surface area contributed by atoms with Crippen molar-refractivity contribution in [3.8, 4) is 0 Å². The predicted molar refractivity (Wildman–Crippen MR) is 83.7 cm³/mol. The number of hydrogen-bond donors (Lipinski definition) is 3. The molecule has 0 unspecified atom stereocenters. The Morgan fingerprint density at radius 1 is 1.00 bits per heavy atom. The van der Waals surface area contributed by atoms with Crippen LogP contribution in [0.5, 0.6) is 0 Å². The van der Waals surface area contributed by atoms with Crippen molar-refractivity contribution in [3.05, 3.63) is 70.1 Å². The van der Waals surface area contributed by atoms with E-state index in [2.05, 4.69) is 15.5 Å². The van der Waals surface area contributed by atoms with Crippen molar-refractivity contribution in [1.29, 1.82) is 0 Å². The number of carboxylic acid groups (broad SMARTS) is 1. The Labute approximate surface area is 129 Å². The number of aromatic nitrogens is 2. The number of carboxylic acids is 1. The molecule has 7 heteroatoms. The van der Waals surface area contributed by atoms with Gasteiger partial charge in [0.1, 0.15) is 0 Å². The lowest BCUT2D eigenvalue weighted by molar-refractivity contribution is 0.0696. The Morgan fingerprint density at radius 3 is 2.30 bits per heavy atom. The minimum atomic E-state index is -1.05. The first-order valence-corrected chi connectivity index (χ1v) is 6.68. The lowest BCUT2D eigenvalue weighted by Gasteiger charge is -2.07. The predicted octanol–water partition coefficient (Wildman–Crippen LogP) is 1.87. The first-order chi connectivity index (χ1) is 11.1. The molecular weight excluding hydrogens is 298 g/mol. The molecule has 3 rings (SSSR count). The van der Waals surface area contributed by atoms with Crippen LogP contribution in [-0.4, -0.2) is 27.2 Å². The van der Waals surface area contributed by atoms with E-state index in [-0.39, 0.29) is 16.8 Å². The van der Waals surface area contributed by atoms with Crippen LogP contribution in [0, 0.1) is 0 Å². The highest BCUT2D eigenvalue weighted by atomic mass is 16.4. The fourth-order valence-corrected chi connectivity index (χ4v) is 2.17. The zero-order chi connectivity index (χ0) is 16.4. The highest BCUT2D eigenvalue weighted by molar-refractivity contribution is 6.11. The summed E-state index contributed by atoms with van der Waals surface area (Å²) in [6.45, 7) is 0. The molecule has 1 heterocycles. The van der Waals surface area contributed by atoms with Crippen LogP contribution < -0.4 is 10.9 Å². The molecule has 0 atom stereocenters. The average Bonchev–Trinajstić information content (AvgIpc) is 2.56. The van der Waals surface area contributed by atoms with Gasteiger partial charge in [-0.1, -0.05) is 18.2 Å². The number of carbonyl (C=O) groups excluding carboxylic acids is 1. The van der Waals surface area contributed by atoms with Crippen LogP contribution in [-0.2, 0) is 0 Å². The number of H-pyrrole nitrogens is 1. The van der Waals surface area contributed by atoms with E-state index >= 15 is 0 Å².